The molecule has 8 heteroatoms. The summed E-state index contributed by atoms with van der Waals surface area (Å²) in [5, 5.41) is 5.07. The van der Waals surface area contributed by atoms with Crippen LogP contribution < -0.4 is 15.6 Å². The molecule has 0 fully saturated rings. The number of carbonyl (C=O) groups excluding carboxylic acids is 2. The Kier molecular flexibility index (Phi) is 5.07. The standard InChI is InChI=1S/C19H21N5O3/c1-11(2)24-17-14(10-20-24)9-16(12(3)21-17)19(26)23-22-18(25)13-5-7-15(27-4)8-6-13/h5-11H,1-4H3,(H,22,25)(H,23,26). The molecule has 3 aromatic rings. The van der Waals surface area contributed by atoms with Crippen molar-refractivity contribution in [2.24, 2.45) is 0 Å². The first-order valence-electron chi connectivity index (χ1n) is 8.50. The summed E-state index contributed by atoms with van der Waals surface area (Å²) in [6.07, 6.45) is 1.68. The summed E-state index contributed by atoms with van der Waals surface area (Å²) in [7, 11) is 1.55. The molecule has 0 atom stereocenters. The van der Waals surface area contributed by atoms with Gasteiger partial charge in [0.05, 0.1) is 24.6 Å². The fourth-order valence-corrected chi connectivity index (χ4v) is 2.67. The van der Waals surface area contributed by atoms with Crippen LogP contribution in [0.2, 0.25) is 0 Å². The molecule has 0 unspecified atom stereocenters. The number of fused-ring (bicyclic) bond motifs is 1. The lowest BCUT2D eigenvalue weighted by Crippen LogP contribution is -2.41. The molecule has 0 radical (unpaired) electrons. The van der Waals surface area contributed by atoms with Crippen LogP contribution in [0.25, 0.3) is 11.0 Å². The van der Waals surface area contributed by atoms with Crippen molar-refractivity contribution in [2.75, 3.05) is 7.11 Å². The summed E-state index contributed by atoms with van der Waals surface area (Å²) in [5.41, 5.74) is 6.89. The molecule has 27 heavy (non-hydrogen) atoms. The van der Waals surface area contributed by atoms with E-state index in [1.807, 2.05) is 13.8 Å². The summed E-state index contributed by atoms with van der Waals surface area (Å²) in [6, 6.07) is 8.45. The second-order valence-corrected chi connectivity index (χ2v) is 6.35. The zero-order valence-electron chi connectivity index (χ0n) is 15.6. The van der Waals surface area contributed by atoms with E-state index in [1.54, 1.807) is 55.2 Å². The molecule has 1 aromatic carbocycles. The molecular weight excluding hydrogens is 346 g/mol. The number of carbonyl (C=O) groups is 2. The Balaban J connectivity index is 1.73. The van der Waals surface area contributed by atoms with Gasteiger partial charge in [0.1, 0.15) is 5.75 Å². The van der Waals surface area contributed by atoms with Gasteiger partial charge in [-0.1, -0.05) is 0 Å². The van der Waals surface area contributed by atoms with Gasteiger partial charge < -0.3 is 4.74 Å². The average molecular weight is 367 g/mol. The lowest BCUT2D eigenvalue weighted by atomic mass is 10.1. The molecule has 0 spiro atoms. The molecule has 2 heterocycles. The van der Waals surface area contributed by atoms with Gasteiger partial charge >= 0.3 is 0 Å². The predicted molar refractivity (Wildman–Crippen MR) is 101 cm³/mol. The Morgan fingerprint density at radius 3 is 2.41 bits per heavy atom. The molecule has 2 aromatic heterocycles. The predicted octanol–water partition coefficient (Wildman–Crippen LogP) is 2.40. The van der Waals surface area contributed by atoms with Gasteiger partial charge in [0.15, 0.2) is 5.65 Å². The molecular formula is C19H21N5O3. The van der Waals surface area contributed by atoms with Gasteiger partial charge in [-0.3, -0.25) is 20.4 Å². The Labute approximate surface area is 156 Å². The maximum absolute atomic E-state index is 12.5. The van der Waals surface area contributed by atoms with Crippen LogP contribution >= 0.6 is 0 Å². The number of methoxy groups -OCH3 is 1. The number of aryl methyl sites for hydroxylation is 1. The van der Waals surface area contributed by atoms with Crippen molar-refractivity contribution < 1.29 is 14.3 Å². The number of hydrogen-bond donors (Lipinski definition) is 2. The third-order valence-electron chi connectivity index (χ3n) is 4.14. The smallest absolute Gasteiger partial charge is 0.271 e. The molecule has 140 valence electrons. The highest BCUT2D eigenvalue weighted by atomic mass is 16.5. The van der Waals surface area contributed by atoms with E-state index in [0.29, 0.717) is 22.6 Å². The first-order valence-corrected chi connectivity index (χ1v) is 8.50. The minimum atomic E-state index is -0.443. The second-order valence-electron chi connectivity index (χ2n) is 6.35. The maximum Gasteiger partial charge on any atom is 0.271 e. The van der Waals surface area contributed by atoms with Gasteiger partial charge in [0.2, 0.25) is 0 Å². The average Bonchev–Trinajstić information content (AvgIpc) is 3.08. The number of ether oxygens (including phenoxy) is 1. The molecule has 0 saturated heterocycles. The van der Waals surface area contributed by atoms with Crippen molar-refractivity contribution >= 4 is 22.8 Å². The Morgan fingerprint density at radius 2 is 1.78 bits per heavy atom. The highest BCUT2D eigenvalue weighted by molar-refractivity contribution is 6.01. The van der Waals surface area contributed by atoms with Gasteiger partial charge in [-0.2, -0.15) is 5.10 Å². The number of nitrogens with zero attached hydrogens (tertiary/aromatic N) is 3. The molecule has 0 saturated carbocycles. The van der Waals surface area contributed by atoms with Crippen molar-refractivity contribution in [3.8, 4) is 5.75 Å². The summed E-state index contributed by atoms with van der Waals surface area (Å²) in [5.74, 6) is -0.223. The van der Waals surface area contributed by atoms with Crippen LogP contribution in [-0.4, -0.2) is 33.7 Å². The molecule has 2 amide bonds. The van der Waals surface area contributed by atoms with Crippen LogP contribution in [0, 0.1) is 6.92 Å². The SMILES string of the molecule is COc1ccc(C(=O)NNC(=O)c2cc3cnn(C(C)C)c3nc2C)cc1. The number of amides is 2. The van der Waals surface area contributed by atoms with Gasteiger partial charge in [-0.15, -0.1) is 0 Å². The molecule has 0 aliphatic rings. The number of nitrogens with one attached hydrogen (secondary N) is 2. The van der Waals surface area contributed by atoms with E-state index in [2.05, 4.69) is 20.9 Å². The van der Waals surface area contributed by atoms with E-state index < -0.39 is 11.8 Å². The summed E-state index contributed by atoms with van der Waals surface area (Å²) < 4.78 is 6.86. The van der Waals surface area contributed by atoms with E-state index in [0.717, 1.165) is 11.0 Å². The quantitative estimate of drug-likeness (QED) is 0.690. The Hall–Kier alpha value is -3.42. The number of hydrogen-bond acceptors (Lipinski definition) is 5. The minimum absolute atomic E-state index is 0.165. The normalized spacial score (nSPS) is 10.9. The third-order valence-corrected chi connectivity index (χ3v) is 4.14. The molecule has 2 N–H and O–H groups in total. The van der Waals surface area contributed by atoms with Crippen molar-refractivity contribution in [1.82, 2.24) is 25.6 Å². The summed E-state index contributed by atoms with van der Waals surface area (Å²) in [6.45, 7) is 5.77. The second kappa shape index (κ2) is 7.45. The minimum Gasteiger partial charge on any atom is -0.497 e. The molecule has 0 bridgehead atoms. The van der Waals surface area contributed by atoms with E-state index >= 15 is 0 Å². The number of rotatable bonds is 4. The van der Waals surface area contributed by atoms with Crippen molar-refractivity contribution in [2.45, 2.75) is 26.8 Å². The zero-order valence-corrected chi connectivity index (χ0v) is 15.6. The maximum atomic E-state index is 12.5. The van der Waals surface area contributed by atoms with Crippen molar-refractivity contribution in [1.29, 1.82) is 0 Å². The number of pyridine rings is 1. The van der Waals surface area contributed by atoms with Crippen molar-refractivity contribution in [3.05, 3.63) is 53.3 Å². The number of hydrazine groups is 1. The van der Waals surface area contributed by atoms with Crippen LogP contribution in [0.4, 0.5) is 0 Å². The van der Waals surface area contributed by atoms with Crippen molar-refractivity contribution in [3.63, 3.8) is 0 Å². The van der Waals surface area contributed by atoms with Gasteiger partial charge in [0, 0.05) is 17.0 Å². The molecule has 3 rings (SSSR count). The van der Waals surface area contributed by atoms with E-state index in [9.17, 15) is 9.59 Å². The van der Waals surface area contributed by atoms with Crippen LogP contribution in [-0.2, 0) is 0 Å². The van der Waals surface area contributed by atoms with E-state index in [1.165, 1.54) is 0 Å². The number of benzene rings is 1. The van der Waals surface area contributed by atoms with Crippen LogP contribution in [0.5, 0.6) is 5.75 Å². The lowest BCUT2D eigenvalue weighted by Gasteiger charge is -2.11. The molecule has 0 aliphatic carbocycles. The zero-order chi connectivity index (χ0) is 19.6. The van der Waals surface area contributed by atoms with Gasteiger partial charge in [-0.05, 0) is 51.1 Å². The highest BCUT2D eigenvalue weighted by Crippen LogP contribution is 2.19. The number of aromatic nitrogens is 3. The molecule has 8 nitrogen and oxygen atoms in total. The van der Waals surface area contributed by atoms with Crippen LogP contribution in [0.15, 0.2) is 36.5 Å². The first kappa shape index (κ1) is 18.4. The lowest BCUT2D eigenvalue weighted by molar-refractivity contribution is 0.0846. The summed E-state index contributed by atoms with van der Waals surface area (Å²) >= 11 is 0. The molecule has 0 aliphatic heterocycles. The van der Waals surface area contributed by atoms with E-state index in [-0.39, 0.29) is 6.04 Å². The fourth-order valence-electron chi connectivity index (χ4n) is 2.67. The Bertz CT molecular complexity index is 992. The third kappa shape index (κ3) is 3.74. The van der Waals surface area contributed by atoms with Gasteiger partial charge in [0.25, 0.3) is 11.8 Å². The Morgan fingerprint density at radius 1 is 1.11 bits per heavy atom. The van der Waals surface area contributed by atoms with Crippen LogP contribution in [0.3, 0.4) is 0 Å². The van der Waals surface area contributed by atoms with Crippen LogP contribution in [0.1, 0.15) is 46.3 Å². The monoisotopic (exact) mass is 367 g/mol. The largest absolute Gasteiger partial charge is 0.497 e. The first-order chi connectivity index (χ1) is 12.9. The topological polar surface area (TPSA) is 98.1 Å². The highest BCUT2D eigenvalue weighted by Gasteiger charge is 2.16. The van der Waals surface area contributed by atoms with Gasteiger partial charge in [-0.25, -0.2) is 9.67 Å². The summed E-state index contributed by atoms with van der Waals surface area (Å²) in [4.78, 5) is 29.1. The van der Waals surface area contributed by atoms with E-state index in [4.69, 9.17) is 4.74 Å². The fraction of sp³-hybridized carbons (Fsp3) is 0.263.